The van der Waals surface area contributed by atoms with Gasteiger partial charge in [0.15, 0.2) is 0 Å². The van der Waals surface area contributed by atoms with Crippen LogP contribution in [0.4, 0.5) is 10.2 Å². The van der Waals surface area contributed by atoms with Gasteiger partial charge in [-0.3, -0.25) is 4.90 Å². The number of anilines is 1. The van der Waals surface area contributed by atoms with Crippen LogP contribution < -0.4 is 5.32 Å². The number of nitrogens with zero attached hydrogens (tertiary/aromatic N) is 3. The molecule has 2 N–H and O–H groups in total. The summed E-state index contributed by atoms with van der Waals surface area (Å²) in [7, 11) is 0. The van der Waals surface area contributed by atoms with Crippen molar-refractivity contribution in [1.29, 1.82) is 0 Å². The van der Waals surface area contributed by atoms with Crippen LogP contribution in [0.3, 0.4) is 0 Å². The molecule has 1 aliphatic rings. The van der Waals surface area contributed by atoms with Crippen molar-refractivity contribution in [2.45, 2.75) is 19.9 Å². The molecule has 0 saturated carbocycles. The summed E-state index contributed by atoms with van der Waals surface area (Å²) < 4.78 is 13.4. The highest BCUT2D eigenvalue weighted by atomic mass is 19.1. The minimum absolute atomic E-state index is 0.162. The number of aromatic amines is 1. The summed E-state index contributed by atoms with van der Waals surface area (Å²) in [5.74, 6) is 1.90. The Hall–Kier alpha value is -2.47. The summed E-state index contributed by atoms with van der Waals surface area (Å²) in [6, 6.07) is 8.91. The van der Waals surface area contributed by atoms with Crippen LogP contribution in [0.25, 0.3) is 11.0 Å². The number of aromatic nitrogens is 3. The molecule has 26 heavy (non-hydrogen) atoms. The fourth-order valence-electron chi connectivity index (χ4n) is 3.77. The number of halogens is 1. The highest BCUT2D eigenvalue weighted by molar-refractivity contribution is 5.86. The molecule has 0 radical (unpaired) electrons. The van der Waals surface area contributed by atoms with E-state index in [0.717, 1.165) is 55.0 Å². The molecular weight excluding hydrogens is 329 g/mol. The molecule has 2 atom stereocenters. The number of piperidine rings is 1. The van der Waals surface area contributed by atoms with Gasteiger partial charge in [-0.1, -0.05) is 19.1 Å². The van der Waals surface area contributed by atoms with E-state index in [1.54, 1.807) is 18.5 Å². The molecule has 5 nitrogen and oxygen atoms in total. The van der Waals surface area contributed by atoms with Crippen LogP contribution in [-0.2, 0) is 6.54 Å². The molecule has 136 valence electrons. The summed E-state index contributed by atoms with van der Waals surface area (Å²) in [4.78, 5) is 14.2. The third kappa shape index (κ3) is 3.70. The lowest BCUT2D eigenvalue weighted by Crippen LogP contribution is -2.41. The van der Waals surface area contributed by atoms with E-state index in [1.165, 1.54) is 6.07 Å². The highest BCUT2D eigenvalue weighted by Gasteiger charge is 2.26. The quantitative estimate of drug-likeness (QED) is 0.735. The number of H-pyrrole nitrogens is 1. The molecule has 1 aliphatic heterocycles. The van der Waals surface area contributed by atoms with Crippen molar-refractivity contribution >= 4 is 16.9 Å². The first-order chi connectivity index (χ1) is 12.7. The third-order valence-corrected chi connectivity index (χ3v) is 5.38. The summed E-state index contributed by atoms with van der Waals surface area (Å²) in [6.07, 6.45) is 4.63. The zero-order valence-electron chi connectivity index (χ0n) is 15.0. The number of likely N-dealkylation sites (tertiary alicyclic amines) is 1. The van der Waals surface area contributed by atoms with Gasteiger partial charge >= 0.3 is 0 Å². The topological polar surface area (TPSA) is 56.8 Å². The zero-order valence-corrected chi connectivity index (χ0v) is 15.0. The van der Waals surface area contributed by atoms with Crippen LogP contribution >= 0.6 is 0 Å². The second kappa shape index (κ2) is 7.41. The Kier molecular flexibility index (Phi) is 4.84. The number of rotatable bonds is 5. The van der Waals surface area contributed by atoms with Gasteiger partial charge in [-0.25, -0.2) is 14.4 Å². The van der Waals surface area contributed by atoms with Gasteiger partial charge in [0.05, 0.1) is 5.39 Å². The van der Waals surface area contributed by atoms with Crippen molar-refractivity contribution in [2.75, 3.05) is 25.0 Å². The van der Waals surface area contributed by atoms with Gasteiger partial charge in [-0.2, -0.15) is 0 Å². The Balaban J connectivity index is 1.40. The Bertz CT molecular complexity index is 877. The van der Waals surface area contributed by atoms with E-state index < -0.39 is 0 Å². The van der Waals surface area contributed by atoms with Crippen molar-refractivity contribution in [3.63, 3.8) is 0 Å². The van der Waals surface area contributed by atoms with E-state index in [1.807, 2.05) is 18.3 Å². The fraction of sp³-hybridized carbons (Fsp3) is 0.400. The summed E-state index contributed by atoms with van der Waals surface area (Å²) in [5, 5.41) is 4.53. The second-order valence-electron chi connectivity index (χ2n) is 7.23. The SMILES string of the molecule is CC1CCN(Cc2cccc(F)c2)CC1CNc1ncnc2[nH]ccc12. The van der Waals surface area contributed by atoms with E-state index in [4.69, 9.17) is 0 Å². The molecule has 6 heteroatoms. The number of hydrogen-bond acceptors (Lipinski definition) is 4. The van der Waals surface area contributed by atoms with Crippen molar-refractivity contribution in [2.24, 2.45) is 11.8 Å². The Morgan fingerprint density at radius 1 is 1.31 bits per heavy atom. The first-order valence-corrected chi connectivity index (χ1v) is 9.18. The zero-order chi connectivity index (χ0) is 17.9. The maximum Gasteiger partial charge on any atom is 0.142 e. The minimum Gasteiger partial charge on any atom is -0.369 e. The molecule has 2 unspecified atom stereocenters. The van der Waals surface area contributed by atoms with Crippen LogP contribution in [0.5, 0.6) is 0 Å². The third-order valence-electron chi connectivity index (χ3n) is 5.38. The number of hydrogen-bond donors (Lipinski definition) is 2. The summed E-state index contributed by atoms with van der Waals surface area (Å²) in [5.41, 5.74) is 1.89. The van der Waals surface area contributed by atoms with Gasteiger partial charge < -0.3 is 10.3 Å². The van der Waals surface area contributed by atoms with Crippen molar-refractivity contribution in [3.8, 4) is 0 Å². The average Bonchev–Trinajstić information content (AvgIpc) is 3.11. The predicted octanol–water partition coefficient (Wildman–Crippen LogP) is 3.67. The van der Waals surface area contributed by atoms with Gasteiger partial charge in [0.2, 0.25) is 0 Å². The van der Waals surface area contributed by atoms with Gasteiger partial charge in [-0.05, 0) is 48.6 Å². The Labute approximate surface area is 152 Å². The monoisotopic (exact) mass is 353 g/mol. The summed E-state index contributed by atoms with van der Waals surface area (Å²) in [6.45, 7) is 6.06. The van der Waals surface area contributed by atoms with Gasteiger partial charge in [0.1, 0.15) is 23.6 Å². The molecule has 0 spiro atoms. The van der Waals surface area contributed by atoms with E-state index in [9.17, 15) is 4.39 Å². The lowest BCUT2D eigenvalue weighted by molar-refractivity contribution is 0.128. The number of nitrogens with one attached hydrogen (secondary N) is 2. The predicted molar refractivity (Wildman–Crippen MR) is 101 cm³/mol. The molecule has 1 aromatic carbocycles. The molecule has 1 saturated heterocycles. The van der Waals surface area contributed by atoms with Crippen LogP contribution in [-0.4, -0.2) is 39.5 Å². The summed E-state index contributed by atoms with van der Waals surface area (Å²) >= 11 is 0. The van der Waals surface area contributed by atoms with Crippen LogP contribution in [0, 0.1) is 17.7 Å². The smallest absolute Gasteiger partial charge is 0.142 e. The minimum atomic E-state index is -0.162. The largest absolute Gasteiger partial charge is 0.369 e. The first kappa shape index (κ1) is 17.0. The fourth-order valence-corrected chi connectivity index (χ4v) is 3.77. The van der Waals surface area contributed by atoms with Crippen LogP contribution in [0.1, 0.15) is 18.9 Å². The van der Waals surface area contributed by atoms with Crippen molar-refractivity contribution < 1.29 is 4.39 Å². The van der Waals surface area contributed by atoms with Crippen molar-refractivity contribution in [3.05, 3.63) is 54.2 Å². The first-order valence-electron chi connectivity index (χ1n) is 9.18. The molecule has 0 bridgehead atoms. The van der Waals surface area contributed by atoms with Gasteiger partial charge in [-0.15, -0.1) is 0 Å². The van der Waals surface area contributed by atoms with E-state index in [2.05, 4.69) is 32.1 Å². The average molecular weight is 353 g/mol. The second-order valence-corrected chi connectivity index (χ2v) is 7.23. The van der Waals surface area contributed by atoms with E-state index >= 15 is 0 Å². The number of fused-ring (bicyclic) bond motifs is 1. The van der Waals surface area contributed by atoms with Crippen molar-refractivity contribution in [1.82, 2.24) is 19.9 Å². The van der Waals surface area contributed by atoms with E-state index in [-0.39, 0.29) is 5.82 Å². The van der Waals surface area contributed by atoms with Crippen LogP contribution in [0.15, 0.2) is 42.9 Å². The number of benzene rings is 1. The highest BCUT2D eigenvalue weighted by Crippen LogP contribution is 2.26. The molecule has 2 aromatic heterocycles. The molecule has 3 heterocycles. The Morgan fingerprint density at radius 3 is 3.12 bits per heavy atom. The molecular formula is C20H24FN5. The molecule has 0 amide bonds. The maximum atomic E-state index is 13.4. The van der Waals surface area contributed by atoms with Gasteiger partial charge in [0, 0.05) is 25.8 Å². The van der Waals surface area contributed by atoms with Crippen LogP contribution in [0.2, 0.25) is 0 Å². The molecule has 4 rings (SSSR count). The maximum absolute atomic E-state index is 13.4. The standard InChI is InChI=1S/C20H24FN5/c1-14-6-8-26(11-15-3-2-4-17(21)9-15)12-16(14)10-23-20-18-5-7-22-19(18)24-13-25-20/h2-5,7,9,13-14,16H,6,8,10-12H2,1H3,(H2,22,23,24,25). The molecule has 0 aliphatic carbocycles. The lowest BCUT2D eigenvalue weighted by atomic mass is 9.86. The molecule has 1 fully saturated rings. The van der Waals surface area contributed by atoms with E-state index in [0.29, 0.717) is 11.8 Å². The molecule has 3 aromatic rings. The lowest BCUT2D eigenvalue weighted by Gasteiger charge is -2.37. The Morgan fingerprint density at radius 2 is 2.23 bits per heavy atom. The normalized spacial score (nSPS) is 21.2. The van der Waals surface area contributed by atoms with Gasteiger partial charge in [0.25, 0.3) is 0 Å².